The van der Waals surface area contributed by atoms with Gasteiger partial charge in [-0.3, -0.25) is 9.59 Å². The lowest BCUT2D eigenvalue weighted by Gasteiger charge is -2.37. The molecular formula is C18H22ClN3O3. The number of aromatic nitrogens is 1. The number of ether oxygens (including phenoxy) is 1. The second-order valence-corrected chi connectivity index (χ2v) is 5.84. The summed E-state index contributed by atoms with van der Waals surface area (Å²) in [4.78, 5) is 29.5. The molecule has 1 aliphatic heterocycles. The molecule has 1 aromatic heterocycles. The molecule has 1 aromatic carbocycles. The average molecular weight is 364 g/mol. The number of rotatable bonds is 3. The lowest BCUT2D eigenvalue weighted by atomic mass is 10.0. The van der Waals surface area contributed by atoms with E-state index in [4.69, 9.17) is 4.74 Å². The molecule has 0 saturated carbocycles. The van der Waals surface area contributed by atoms with E-state index in [1.807, 2.05) is 24.3 Å². The fourth-order valence-electron chi connectivity index (χ4n) is 3.06. The number of benzene rings is 1. The van der Waals surface area contributed by atoms with Crippen molar-refractivity contribution in [2.75, 3.05) is 26.7 Å². The molecule has 25 heavy (non-hydrogen) atoms. The standard InChI is InChI=1S/C18H21N3O3.ClH/c1-12-7-8-14(17(22)20-12)18(23)21-10-9-19-11-15(21)13-5-3-4-6-16(13)24-2;/h3-8,15,19H,9-11H2,1-2H3,(H,20,22);1H. The van der Waals surface area contributed by atoms with E-state index in [9.17, 15) is 9.59 Å². The van der Waals surface area contributed by atoms with Crippen molar-refractivity contribution in [2.45, 2.75) is 13.0 Å². The first-order chi connectivity index (χ1) is 11.6. The minimum Gasteiger partial charge on any atom is -0.496 e. The van der Waals surface area contributed by atoms with Gasteiger partial charge < -0.3 is 19.9 Å². The normalized spacial score (nSPS) is 16.9. The van der Waals surface area contributed by atoms with E-state index in [-0.39, 0.29) is 35.5 Å². The quantitative estimate of drug-likeness (QED) is 0.873. The van der Waals surface area contributed by atoms with E-state index in [0.717, 1.165) is 17.0 Å². The lowest BCUT2D eigenvalue weighted by molar-refractivity contribution is 0.0630. The number of pyridine rings is 1. The summed E-state index contributed by atoms with van der Waals surface area (Å²) in [5.41, 5.74) is 1.49. The van der Waals surface area contributed by atoms with E-state index in [0.29, 0.717) is 19.6 Å². The van der Waals surface area contributed by atoms with Gasteiger partial charge in [-0.15, -0.1) is 12.4 Å². The Labute approximate surface area is 152 Å². The molecule has 0 bridgehead atoms. The third-order valence-electron chi connectivity index (χ3n) is 4.29. The maximum Gasteiger partial charge on any atom is 0.260 e. The van der Waals surface area contributed by atoms with Crippen LogP contribution in [0.1, 0.15) is 27.7 Å². The molecule has 2 N–H and O–H groups in total. The van der Waals surface area contributed by atoms with Crippen molar-refractivity contribution < 1.29 is 9.53 Å². The number of H-pyrrole nitrogens is 1. The number of amides is 1. The highest BCUT2D eigenvalue weighted by molar-refractivity contribution is 5.94. The van der Waals surface area contributed by atoms with E-state index in [1.165, 1.54) is 0 Å². The number of carbonyl (C=O) groups is 1. The minimum atomic E-state index is -0.350. The molecule has 1 amide bonds. The van der Waals surface area contributed by atoms with Gasteiger partial charge >= 0.3 is 0 Å². The zero-order chi connectivity index (χ0) is 17.1. The number of nitrogens with zero attached hydrogens (tertiary/aromatic N) is 1. The number of hydrogen-bond acceptors (Lipinski definition) is 4. The number of halogens is 1. The Morgan fingerprint density at radius 1 is 1.24 bits per heavy atom. The zero-order valence-electron chi connectivity index (χ0n) is 14.2. The Kier molecular flexibility index (Phi) is 6.22. The topological polar surface area (TPSA) is 74.4 Å². The number of carbonyl (C=O) groups excluding carboxylic acids is 1. The number of methoxy groups -OCH3 is 1. The Bertz CT molecular complexity index is 806. The van der Waals surface area contributed by atoms with Gasteiger partial charge in [0.15, 0.2) is 0 Å². The van der Waals surface area contributed by atoms with Crippen LogP contribution in [0.3, 0.4) is 0 Å². The molecule has 0 spiro atoms. The molecule has 7 heteroatoms. The van der Waals surface area contributed by atoms with Crippen molar-refractivity contribution in [1.29, 1.82) is 0 Å². The highest BCUT2D eigenvalue weighted by Gasteiger charge is 2.31. The van der Waals surface area contributed by atoms with Crippen LogP contribution in [0, 0.1) is 6.92 Å². The van der Waals surface area contributed by atoms with Gasteiger partial charge in [0.2, 0.25) is 0 Å². The smallest absolute Gasteiger partial charge is 0.260 e. The summed E-state index contributed by atoms with van der Waals surface area (Å²) in [6, 6.07) is 10.8. The molecule has 1 unspecified atom stereocenters. The van der Waals surface area contributed by atoms with Crippen LogP contribution < -0.4 is 15.6 Å². The number of piperazine rings is 1. The maximum absolute atomic E-state index is 13.0. The molecule has 1 aliphatic rings. The monoisotopic (exact) mass is 363 g/mol. The third-order valence-corrected chi connectivity index (χ3v) is 4.29. The van der Waals surface area contributed by atoms with E-state index >= 15 is 0 Å². The highest BCUT2D eigenvalue weighted by atomic mass is 35.5. The molecule has 0 aliphatic carbocycles. The summed E-state index contributed by atoms with van der Waals surface area (Å²) in [7, 11) is 1.62. The van der Waals surface area contributed by atoms with E-state index < -0.39 is 0 Å². The van der Waals surface area contributed by atoms with Crippen LogP contribution in [0.25, 0.3) is 0 Å². The van der Waals surface area contributed by atoms with Crippen molar-refractivity contribution in [3.05, 3.63) is 63.6 Å². The van der Waals surface area contributed by atoms with Gasteiger partial charge in [-0.05, 0) is 25.1 Å². The molecule has 3 rings (SSSR count). The van der Waals surface area contributed by atoms with Crippen molar-refractivity contribution in [3.63, 3.8) is 0 Å². The second kappa shape index (κ2) is 8.18. The third kappa shape index (κ3) is 3.86. The molecule has 1 atom stereocenters. The summed E-state index contributed by atoms with van der Waals surface area (Å²) < 4.78 is 5.44. The fraction of sp³-hybridized carbons (Fsp3) is 0.333. The molecule has 6 nitrogen and oxygen atoms in total. The predicted octanol–water partition coefficient (Wildman–Crippen LogP) is 1.90. The summed E-state index contributed by atoms with van der Waals surface area (Å²) in [6.07, 6.45) is 0. The first-order valence-electron chi connectivity index (χ1n) is 7.96. The molecule has 134 valence electrons. The zero-order valence-corrected chi connectivity index (χ0v) is 15.1. The van der Waals surface area contributed by atoms with Crippen molar-refractivity contribution >= 4 is 18.3 Å². The lowest BCUT2D eigenvalue weighted by Crippen LogP contribution is -2.49. The van der Waals surface area contributed by atoms with E-state index in [1.54, 1.807) is 31.1 Å². The van der Waals surface area contributed by atoms with Crippen molar-refractivity contribution in [1.82, 2.24) is 15.2 Å². The summed E-state index contributed by atoms with van der Waals surface area (Å²) in [5, 5.41) is 3.31. The molecule has 1 saturated heterocycles. The number of para-hydroxylation sites is 1. The van der Waals surface area contributed by atoms with Crippen LogP contribution in [-0.4, -0.2) is 42.5 Å². The summed E-state index contributed by atoms with van der Waals surface area (Å²) in [6.45, 7) is 3.64. The number of nitrogens with one attached hydrogen (secondary N) is 2. The van der Waals surface area contributed by atoms with Crippen LogP contribution >= 0.6 is 12.4 Å². The average Bonchev–Trinajstić information content (AvgIpc) is 2.61. The maximum atomic E-state index is 13.0. The predicted molar refractivity (Wildman–Crippen MR) is 98.7 cm³/mol. The largest absolute Gasteiger partial charge is 0.496 e. The Balaban J connectivity index is 0.00000225. The number of aromatic amines is 1. The van der Waals surface area contributed by atoms with Crippen LogP contribution in [0.4, 0.5) is 0 Å². The molecule has 1 fully saturated rings. The van der Waals surface area contributed by atoms with Crippen LogP contribution in [-0.2, 0) is 0 Å². The van der Waals surface area contributed by atoms with Crippen LogP contribution in [0.5, 0.6) is 5.75 Å². The van der Waals surface area contributed by atoms with E-state index in [2.05, 4.69) is 10.3 Å². The van der Waals surface area contributed by atoms with Gasteiger partial charge in [0.25, 0.3) is 11.5 Å². The first kappa shape index (κ1) is 19.0. The Morgan fingerprint density at radius 3 is 2.72 bits per heavy atom. The van der Waals surface area contributed by atoms with Crippen LogP contribution in [0.15, 0.2) is 41.2 Å². The van der Waals surface area contributed by atoms with Crippen molar-refractivity contribution in [2.24, 2.45) is 0 Å². The Hall–Kier alpha value is -2.31. The minimum absolute atomic E-state index is 0. The first-order valence-corrected chi connectivity index (χ1v) is 7.96. The summed E-state index contributed by atoms with van der Waals surface area (Å²) in [5.74, 6) is 0.482. The molecule has 2 aromatic rings. The Morgan fingerprint density at radius 2 is 2.00 bits per heavy atom. The molecule has 0 radical (unpaired) electrons. The van der Waals surface area contributed by atoms with Gasteiger partial charge in [0.05, 0.1) is 13.2 Å². The molecule has 2 heterocycles. The van der Waals surface area contributed by atoms with Gasteiger partial charge in [-0.25, -0.2) is 0 Å². The van der Waals surface area contributed by atoms with Crippen LogP contribution in [0.2, 0.25) is 0 Å². The number of aryl methyl sites for hydroxylation is 1. The second-order valence-electron chi connectivity index (χ2n) is 5.84. The van der Waals surface area contributed by atoms with Gasteiger partial charge in [0, 0.05) is 30.9 Å². The summed E-state index contributed by atoms with van der Waals surface area (Å²) >= 11 is 0. The number of hydrogen-bond donors (Lipinski definition) is 2. The van der Waals surface area contributed by atoms with Gasteiger partial charge in [-0.1, -0.05) is 18.2 Å². The fourth-order valence-corrected chi connectivity index (χ4v) is 3.06. The van der Waals surface area contributed by atoms with Crippen molar-refractivity contribution in [3.8, 4) is 5.75 Å². The molecular weight excluding hydrogens is 342 g/mol. The highest BCUT2D eigenvalue weighted by Crippen LogP contribution is 2.30. The SMILES string of the molecule is COc1ccccc1C1CNCCN1C(=O)c1ccc(C)[nH]c1=O.Cl. The van der Waals surface area contributed by atoms with Gasteiger partial charge in [-0.2, -0.15) is 0 Å². The van der Waals surface area contributed by atoms with Gasteiger partial charge in [0.1, 0.15) is 11.3 Å².